The molecule has 3 aromatic heterocycles. The summed E-state index contributed by atoms with van der Waals surface area (Å²) in [6.07, 6.45) is -1.34. The molecule has 0 saturated carbocycles. The quantitative estimate of drug-likeness (QED) is 0.672. The predicted octanol–water partition coefficient (Wildman–Crippen LogP) is 4.15. The summed E-state index contributed by atoms with van der Waals surface area (Å²) in [5.74, 6) is -0.0256. The molecule has 0 aliphatic rings. The SMILES string of the molecule is OCCC(Nc1cc(C(F)(F)F)nc(-c2cccnc2)n1)c1cccs1. The van der Waals surface area contributed by atoms with Gasteiger partial charge in [0.05, 0.1) is 6.04 Å². The van der Waals surface area contributed by atoms with Crippen molar-refractivity contribution in [1.29, 1.82) is 0 Å². The number of thiophene rings is 1. The van der Waals surface area contributed by atoms with Crippen LogP contribution in [0.5, 0.6) is 0 Å². The maximum absolute atomic E-state index is 13.3. The second-order valence-electron chi connectivity index (χ2n) is 5.43. The van der Waals surface area contributed by atoms with Crippen LogP contribution in [0.2, 0.25) is 0 Å². The van der Waals surface area contributed by atoms with Crippen LogP contribution in [0.15, 0.2) is 48.1 Å². The summed E-state index contributed by atoms with van der Waals surface area (Å²) in [5, 5.41) is 14.1. The number of aliphatic hydroxyl groups excluding tert-OH is 1. The molecule has 0 aliphatic carbocycles. The largest absolute Gasteiger partial charge is 0.433 e. The van der Waals surface area contributed by atoms with E-state index >= 15 is 0 Å². The zero-order valence-electron chi connectivity index (χ0n) is 13.4. The van der Waals surface area contributed by atoms with Gasteiger partial charge in [-0.05, 0) is 30.0 Å². The van der Waals surface area contributed by atoms with Crippen LogP contribution in [0.25, 0.3) is 11.4 Å². The normalized spacial score (nSPS) is 12.8. The molecule has 0 fully saturated rings. The van der Waals surface area contributed by atoms with Crippen LogP contribution < -0.4 is 5.32 Å². The minimum atomic E-state index is -4.61. The lowest BCUT2D eigenvalue weighted by Crippen LogP contribution is -2.15. The average molecular weight is 380 g/mol. The number of nitrogens with one attached hydrogen (secondary N) is 1. The fraction of sp³-hybridized carbons (Fsp3) is 0.235. The van der Waals surface area contributed by atoms with Crippen molar-refractivity contribution in [3.8, 4) is 11.4 Å². The molecule has 3 aromatic rings. The first kappa shape index (κ1) is 18.3. The summed E-state index contributed by atoms with van der Waals surface area (Å²) in [5.41, 5.74) is -0.653. The summed E-state index contributed by atoms with van der Waals surface area (Å²) in [7, 11) is 0. The molecular formula is C17H15F3N4OS. The summed E-state index contributed by atoms with van der Waals surface area (Å²) < 4.78 is 39.8. The molecule has 2 N–H and O–H groups in total. The number of halogens is 3. The standard InChI is InChI=1S/C17H15F3N4OS/c18-17(19,20)14-9-15(22-12(5-7-25)13-4-2-8-26-13)24-16(23-14)11-3-1-6-21-10-11/h1-4,6,8-10,12,25H,5,7H2,(H,22,23,24). The summed E-state index contributed by atoms with van der Waals surface area (Å²) >= 11 is 1.45. The maximum atomic E-state index is 13.3. The van der Waals surface area contributed by atoms with Crippen LogP contribution >= 0.6 is 11.3 Å². The molecule has 5 nitrogen and oxygen atoms in total. The topological polar surface area (TPSA) is 70.9 Å². The van der Waals surface area contributed by atoms with Gasteiger partial charge in [-0.1, -0.05) is 6.07 Å². The third-order valence-corrected chi connectivity index (χ3v) is 4.55. The Balaban J connectivity index is 2.00. The molecule has 9 heteroatoms. The molecule has 0 radical (unpaired) electrons. The van der Waals surface area contributed by atoms with Crippen molar-refractivity contribution in [1.82, 2.24) is 15.0 Å². The van der Waals surface area contributed by atoms with Crippen molar-refractivity contribution in [3.63, 3.8) is 0 Å². The highest BCUT2D eigenvalue weighted by molar-refractivity contribution is 7.10. The van der Waals surface area contributed by atoms with E-state index in [0.29, 0.717) is 12.0 Å². The number of alkyl halides is 3. The molecule has 0 saturated heterocycles. The average Bonchev–Trinajstić information content (AvgIpc) is 3.16. The van der Waals surface area contributed by atoms with Gasteiger partial charge in [-0.15, -0.1) is 11.3 Å². The zero-order valence-corrected chi connectivity index (χ0v) is 14.3. The molecule has 0 aliphatic heterocycles. The first-order valence-electron chi connectivity index (χ1n) is 7.75. The van der Waals surface area contributed by atoms with Crippen LogP contribution in [0.3, 0.4) is 0 Å². The summed E-state index contributed by atoms with van der Waals surface area (Å²) in [4.78, 5) is 12.6. The Kier molecular flexibility index (Phi) is 5.48. The van der Waals surface area contributed by atoms with Crippen molar-refractivity contribution in [2.24, 2.45) is 0 Å². The number of hydrogen-bond acceptors (Lipinski definition) is 6. The molecule has 0 amide bonds. The molecular weight excluding hydrogens is 365 g/mol. The van der Waals surface area contributed by atoms with Crippen molar-refractivity contribution < 1.29 is 18.3 Å². The molecule has 26 heavy (non-hydrogen) atoms. The number of aliphatic hydroxyl groups is 1. The van der Waals surface area contributed by atoms with Gasteiger partial charge in [0.2, 0.25) is 0 Å². The highest BCUT2D eigenvalue weighted by Gasteiger charge is 2.34. The van der Waals surface area contributed by atoms with E-state index < -0.39 is 11.9 Å². The molecule has 0 bridgehead atoms. The Morgan fingerprint density at radius 2 is 2.04 bits per heavy atom. The lowest BCUT2D eigenvalue weighted by Gasteiger charge is -2.18. The van der Waals surface area contributed by atoms with E-state index in [2.05, 4.69) is 20.3 Å². The van der Waals surface area contributed by atoms with Crippen LogP contribution in [-0.2, 0) is 6.18 Å². The number of pyridine rings is 1. The number of nitrogens with zero attached hydrogens (tertiary/aromatic N) is 3. The van der Waals surface area contributed by atoms with Gasteiger partial charge >= 0.3 is 6.18 Å². The fourth-order valence-corrected chi connectivity index (χ4v) is 3.19. The number of aromatic nitrogens is 3. The molecule has 1 unspecified atom stereocenters. The number of hydrogen-bond donors (Lipinski definition) is 2. The third-order valence-electron chi connectivity index (χ3n) is 3.56. The third kappa shape index (κ3) is 4.36. The second kappa shape index (κ2) is 7.79. The van der Waals surface area contributed by atoms with Gasteiger partial charge in [-0.25, -0.2) is 9.97 Å². The first-order valence-corrected chi connectivity index (χ1v) is 8.63. The zero-order chi connectivity index (χ0) is 18.6. The smallest absolute Gasteiger partial charge is 0.396 e. The Bertz CT molecular complexity index is 841. The molecule has 3 rings (SSSR count). The monoisotopic (exact) mass is 380 g/mol. The van der Waals surface area contributed by atoms with Gasteiger partial charge in [-0.2, -0.15) is 13.2 Å². The van der Waals surface area contributed by atoms with E-state index in [1.54, 1.807) is 12.1 Å². The van der Waals surface area contributed by atoms with Gasteiger partial charge in [0.1, 0.15) is 5.82 Å². The van der Waals surface area contributed by atoms with E-state index in [0.717, 1.165) is 10.9 Å². The van der Waals surface area contributed by atoms with Gasteiger partial charge < -0.3 is 10.4 Å². The molecule has 0 spiro atoms. The highest BCUT2D eigenvalue weighted by atomic mass is 32.1. The van der Waals surface area contributed by atoms with Gasteiger partial charge in [0.25, 0.3) is 0 Å². The van der Waals surface area contributed by atoms with E-state index in [-0.39, 0.29) is 24.3 Å². The van der Waals surface area contributed by atoms with Gasteiger partial charge in [0, 0.05) is 35.5 Å². The molecule has 3 heterocycles. The Labute approximate surface area is 151 Å². The lowest BCUT2D eigenvalue weighted by molar-refractivity contribution is -0.141. The Hall–Kier alpha value is -2.52. The lowest BCUT2D eigenvalue weighted by atomic mass is 10.1. The van der Waals surface area contributed by atoms with Crippen LogP contribution in [-0.4, -0.2) is 26.7 Å². The molecule has 0 aromatic carbocycles. The van der Waals surface area contributed by atoms with E-state index in [9.17, 15) is 18.3 Å². The van der Waals surface area contributed by atoms with Crippen LogP contribution in [0, 0.1) is 0 Å². The van der Waals surface area contributed by atoms with E-state index in [1.165, 1.54) is 23.7 Å². The van der Waals surface area contributed by atoms with Gasteiger partial charge in [0.15, 0.2) is 11.5 Å². The first-order chi connectivity index (χ1) is 12.5. The minimum Gasteiger partial charge on any atom is -0.396 e. The summed E-state index contributed by atoms with van der Waals surface area (Å²) in [6, 6.07) is 7.42. The predicted molar refractivity (Wildman–Crippen MR) is 92.7 cm³/mol. The van der Waals surface area contributed by atoms with Crippen LogP contribution in [0.4, 0.5) is 19.0 Å². The van der Waals surface area contributed by atoms with E-state index in [4.69, 9.17) is 0 Å². The van der Waals surface area contributed by atoms with Crippen molar-refractivity contribution in [2.75, 3.05) is 11.9 Å². The van der Waals surface area contributed by atoms with Crippen molar-refractivity contribution in [2.45, 2.75) is 18.6 Å². The van der Waals surface area contributed by atoms with E-state index in [1.807, 2.05) is 17.5 Å². The number of rotatable bonds is 6. The Morgan fingerprint density at radius 3 is 2.65 bits per heavy atom. The minimum absolute atomic E-state index is 0.0398. The highest BCUT2D eigenvalue weighted by Crippen LogP contribution is 2.32. The molecule has 136 valence electrons. The maximum Gasteiger partial charge on any atom is 0.433 e. The fourth-order valence-electron chi connectivity index (χ4n) is 2.37. The van der Waals surface area contributed by atoms with Crippen molar-refractivity contribution >= 4 is 17.2 Å². The molecule has 1 atom stereocenters. The Morgan fingerprint density at radius 1 is 1.19 bits per heavy atom. The second-order valence-corrected chi connectivity index (χ2v) is 6.41. The van der Waals surface area contributed by atoms with Crippen molar-refractivity contribution in [3.05, 3.63) is 58.7 Å². The van der Waals surface area contributed by atoms with Gasteiger partial charge in [-0.3, -0.25) is 4.98 Å². The number of anilines is 1. The summed E-state index contributed by atoms with van der Waals surface area (Å²) in [6.45, 7) is -0.109. The van der Waals surface area contributed by atoms with Crippen LogP contribution in [0.1, 0.15) is 23.0 Å².